The molecule has 0 bridgehead atoms. The molecule has 3 rings (SSSR count). The average Bonchev–Trinajstić information content (AvgIpc) is 2.80. The minimum absolute atomic E-state index is 0.164. The van der Waals surface area contributed by atoms with Gasteiger partial charge in [0.2, 0.25) is 11.8 Å². The molecule has 0 radical (unpaired) electrons. The smallest absolute Gasteiger partial charge is 0.317 e. The van der Waals surface area contributed by atoms with Crippen molar-refractivity contribution in [2.24, 2.45) is 0 Å². The molecular weight excluding hydrogens is 392 g/mol. The van der Waals surface area contributed by atoms with Crippen LogP contribution in [0.5, 0.6) is 5.88 Å². The number of nitrogens with zero attached hydrogens (tertiary/aromatic N) is 2. The SMILES string of the molecule is CN(Cc1ccccc1)C(=O)NCCC(=O)Nc1ccc(OCc2ccccc2)nc1. The maximum absolute atomic E-state index is 12.1. The van der Waals surface area contributed by atoms with E-state index in [1.807, 2.05) is 60.7 Å². The first-order valence-electron chi connectivity index (χ1n) is 10.1. The molecule has 0 atom stereocenters. The Labute approximate surface area is 182 Å². The molecule has 0 aliphatic carbocycles. The van der Waals surface area contributed by atoms with Crippen molar-refractivity contribution in [3.05, 3.63) is 90.1 Å². The van der Waals surface area contributed by atoms with Gasteiger partial charge in [0.15, 0.2) is 0 Å². The summed E-state index contributed by atoms with van der Waals surface area (Å²) < 4.78 is 5.63. The highest BCUT2D eigenvalue weighted by molar-refractivity contribution is 5.90. The summed E-state index contributed by atoms with van der Waals surface area (Å²) in [7, 11) is 1.72. The fourth-order valence-corrected chi connectivity index (χ4v) is 2.84. The largest absolute Gasteiger partial charge is 0.473 e. The summed E-state index contributed by atoms with van der Waals surface area (Å²) in [4.78, 5) is 30.0. The quantitative estimate of drug-likeness (QED) is 0.553. The van der Waals surface area contributed by atoms with E-state index in [1.165, 1.54) is 0 Å². The summed E-state index contributed by atoms with van der Waals surface area (Å²) in [5, 5.41) is 5.52. The van der Waals surface area contributed by atoms with Crippen LogP contribution in [0.4, 0.5) is 10.5 Å². The van der Waals surface area contributed by atoms with Gasteiger partial charge in [0.05, 0.1) is 11.9 Å². The minimum atomic E-state index is -0.224. The van der Waals surface area contributed by atoms with Gasteiger partial charge in [-0.05, 0) is 17.2 Å². The molecule has 2 aromatic carbocycles. The van der Waals surface area contributed by atoms with Crippen molar-refractivity contribution in [1.82, 2.24) is 15.2 Å². The summed E-state index contributed by atoms with van der Waals surface area (Å²) in [6.45, 7) is 1.18. The first kappa shape index (κ1) is 21.8. The summed E-state index contributed by atoms with van der Waals surface area (Å²) in [6, 6.07) is 22.8. The van der Waals surface area contributed by atoms with Gasteiger partial charge < -0.3 is 20.3 Å². The fourth-order valence-electron chi connectivity index (χ4n) is 2.84. The standard InChI is InChI=1S/C24H26N4O3/c1-28(17-19-8-4-2-5-9-19)24(30)25-15-14-22(29)27-21-12-13-23(26-16-21)31-18-20-10-6-3-7-11-20/h2-13,16H,14-15,17-18H2,1H3,(H,25,30)(H,27,29). The highest BCUT2D eigenvalue weighted by atomic mass is 16.5. The molecule has 31 heavy (non-hydrogen) atoms. The van der Waals surface area contributed by atoms with E-state index in [0.717, 1.165) is 11.1 Å². The van der Waals surface area contributed by atoms with Crippen LogP contribution < -0.4 is 15.4 Å². The van der Waals surface area contributed by atoms with Gasteiger partial charge in [0.25, 0.3) is 0 Å². The number of ether oxygens (including phenoxy) is 1. The first-order valence-corrected chi connectivity index (χ1v) is 10.1. The number of amides is 3. The number of pyridine rings is 1. The lowest BCUT2D eigenvalue weighted by molar-refractivity contribution is -0.116. The Kier molecular flexibility index (Phi) is 7.99. The van der Waals surface area contributed by atoms with E-state index in [0.29, 0.717) is 24.7 Å². The second-order valence-electron chi connectivity index (χ2n) is 7.03. The van der Waals surface area contributed by atoms with Crippen molar-refractivity contribution in [3.63, 3.8) is 0 Å². The monoisotopic (exact) mass is 418 g/mol. The molecule has 2 N–H and O–H groups in total. The molecule has 0 fully saturated rings. The van der Waals surface area contributed by atoms with Crippen molar-refractivity contribution in [3.8, 4) is 5.88 Å². The molecule has 3 aromatic rings. The molecule has 7 nitrogen and oxygen atoms in total. The third-order valence-corrected chi connectivity index (χ3v) is 4.49. The van der Waals surface area contributed by atoms with Gasteiger partial charge in [-0.3, -0.25) is 4.79 Å². The van der Waals surface area contributed by atoms with E-state index in [9.17, 15) is 9.59 Å². The Bertz CT molecular complexity index is 963. The number of aromatic nitrogens is 1. The van der Waals surface area contributed by atoms with Crippen molar-refractivity contribution in [2.75, 3.05) is 18.9 Å². The molecule has 0 spiro atoms. The van der Waals surface area contributed by atoms with Crippen LogP contribution in [-0.4, -0.2) is 35.4 Å². The molecule has 7 heteroatoms. The van der Waals surface area contributed by atoms with Crippen LogP contribution in [0.2, 0.25) is 0 Å². The molecule has 1 aromatic heterocycles. The molecule has 0 aliphatic rings. The molecule has 0 saturated carbocycles. The lowest BCUT2D eigenvalue weighted by Crippen LogP contribution is -2.38. The number of urea groups is 1. The van der Waals surface area contributed by atoms with Crippen LogP contribution >= 0.6 is 0 Å². The Morgan fingerprint density at radius 2 is 1.61 bits per heavy atom. The van der Waals surface area contributed by atoms with Crippen LogP contribution in [0.3, 0.4) is 0 Å². The van der Waals surface area contributed by atoms with E-state index in [1.54, 1.807) is 30.3 Å². The zero-order valence-corrected chi connectivity index (χ0v) is 17.5. The Balaban J connectivity index is 1.36. The molecule has 0 aliphatic heterocycles. The van der Waals surface area contributed by atoms with E-state index in [4.69, 9.17) is 4.74 Å². The fraction of sp³-hybridized carbons (Fsp3) is 0.208. The Morgan fingerprint density at radius 1 is 0.935 bits per heavy atom. The normalized spacial score (nSPS) is 10.2. The van der Waals surface area contributed by atoms with Crippen LogP contribution in [-0.2, 0) is 17.9 Å². The van der Waals surface area contributed by atoms with Crippen molar-refractivity contribution in [2.45, 2.75) is 19.6 Å². The minimum Gasteiger partial charge on any atom is -0.473 e. The topological polar surface area (TPSA) is 83.6 Å². The molecular formula is C24H26N4O3. The number of carbonyl (C=O) groups is 2. The van der Waals surface area contributed by atoms with Crippen LogP contribution in [0.15, 0.2) is 79.0 Å². The third-order valence-electron chi connectivity index (χ3n) is 4.49. The van der Waals surface area contributed by atoms with Gasteiger partial charge in [-0.15, -0.1) is 0 Å². The van der Waals surface area contributed by atoms with E-state index < -0.39 is 0 Å². The van der Waals surface area contributed by atoms with Crippen molar-refractivity contribution >= 4 is 17.6 Å². The van der Waals surface area contributed by atoms with Gasteiger partial charge in [-0.1, -0.05) is 60.7 Å². The number of hydrogen-bond acceptors (Lipinski definition) is 4. The predicted octanol–water partition coefficient (Wildman–Crippen LogP) is 3.83. The number of hydrogen-bond donors (Lipinski definition) is 2. The maximum atomic E-state index is 12.1. The van der Waals surface area contributed by atoms with Gasteiger partial charge in [0.1, 0.15) is 6.61 Å². The molecule has 1 heterocycles. The van der Waals surface area contributed by atoms with Gasteiger partial charge in [-0.2, -0.15) is 0 Å². The van der Waals surface area contributed by atoms with Crippen LogP contribution in [0.25, 0.3) is 0 Å². The lowest BCUT2D eigenvalue weighted by atomic mass is 10.2. The molecule has 0 saturated heterocycles. The Hall–Kier alpha value is -3.87. The second kappa shape index (κ2) is 11.3. The number of benzene rings is 2. The van der Waals surface area contributed by atoms with Crippen molar-refractivity contribution < 1.29 is 14.3 Å². The van der Waals surface area contributed by atoms with E-state index in [-0.39, 0.29) is 24.9 Å². The molecule has 160 valence electrons. The second-order valence-corrected chi connectivity index (χ2v) is 7.03. The number of carbonyl (C=O) groups excluding carboxylic acids is 2. The predicted molar refractivity (Wildman–Crippen MR) is 120 cm³/mol. The highest BCUT2D eigenvalue weighted by Crippen LogP contribution is 2.13. The number of nitrogens with one attached hydrogen (secondary N) is 2. The van der Waals surface area contributed by atoms with Gasteiger partial charge in [0, 0.05) is 32.6 Å². The zero-order chi connectivity index (χ0) is 21.9. The van der Waals surface area contributed by atoms with Gasteiger partial charge >= 0.3 is 6.03 Å². The lowest BCUT2D eigenvalue weighted by Gasteiger charge is -2.18. The zero-order valence-electron chi connectivity index (χ0n) is 17.5. The van der Waals surface area contributed by atoms with Gasteiger partial charge in [-0.25, -0.2) is 9.78 Å². The molecule has 0 unspecified atom stereocenters. The highest BCUT2D eigenvalue weighted by Gasteiger charge is 2.10. The summed E-state index contributed by atoms with van der Waals surface area (Å²) >= 11 is 0. The number of anilines is 1. The Morgan fingerprint density at radius 3 is 2.26 bits per heavy atom. The van der Waals surface area contributed by atoms with E-state index >= 15 is 0 Å². The average molecular weight is 418 g/mol. The third kappa shape index (κ3) is 7.47. The molecule has 3 amide bonds. The van der Waals surface area contributed by atoms with Crippen molar-refractivity contribution in [1.29, 1.82) is 0 Å². The first-order chi connectivity index (χ1) is 15.1. The van der Waals surface area contributed by atoms with E-state index in [2.05, 4.69) is 15.6 Å². The van der Waals surface area contributed by atoms with Crippen LogP contribution in [0.1, 0.15) is 17.5 Å². The summed E-state index contributed by atoms with van der Waals surface area (Å²) in [6.07, 6.45) is 1.71. The number of rotatable bonds is 9. The summed E-state index contributed by atoms with van der Waals surface area (Å²) in [5.74, 6) is 0.279. The maximum Gasteiger partial charge on any atom is 0.317 e. The van der Waals surface area contributed by atoms with Crippen LogP contribution in [0, 0.1) is 0 Å². The summed E-state index contributed by atoms with van der Waals surface area (Å²) in [5.41, 5.74) is 2.67.